The van der Waals surface area contributed by atoms with E-state index in [2.05, 4.69) is 5.32 Å². The monoisotopic (exact) mass is 276 g/mol. The third-order valence-corrected chi connectivity index (χ3v) is 3.91. The smallest absolute Gasteiger partial charge is 0.326 e. The molecule has 20 heavy (non-hydrogen) atoms. The molecular formula is C15H20N2O3. The molecule has 108 valence electrons. The van der Waals surface area contributed by atoms with Crippen molar-refractivity contribution in [2.45, 2.75) is 32.9 Å². The highest BCUT2D eigenvalue weighted by Crippen LogP contribution is 2.24. The van der Waals surface area contributed by atoms with Crippen molar-refractivity contribution in [3.05, 3.63) is 35.4 Å². The van der Waals surface area contributed by atoms with Crippen LogP contribution < -0.4 is 5.32 Å². The number of aliphatic carboxylic acids is 1. The number of rotatable bonds is 3. The summed E-state index contributed by atoms with van der Waals surface area (Å²) in [7, 11) is 0. The lowest BCUT2D eigenvalue weighted by Gasteiger charge is -2.23. The minimum absolute atomic E-state index is 0.00305. The Morgan fingerprint density at radius 2 is 2.10 bits per heavy atom. The van der Waals surface area contributed by atoms with Crippen LogP contribution in [0.2, 0.25) is 0 Å². The summed E-state index contributed by atoms with van der Waals surface area (Å²) in [4.78, 5) is 24.8. The Hall–Kier alpha value is -2.04. The zero-order chi connectivity index (χ0) is 14.7. The molecule has 5 heteroatoms. The molecule has 0 aliphatic carbocycles. The van der Waals surface area contributed by atoms with Crippen molar-refractivity contribution in [3.63, 3.8) is 0 Å². The van der Waals surface area contributed by atoms with E-state index in [0.29, 0.717) is 13.1 Å². The van der Waals surface area contributed by atoms with E-state index in [1.165, 1.54) is 4.90 Å². The first-order chi connectivity index (χ1) is 9.50. The molecule has 1 aliphatic heterocycles. The molecule has 2 unspecified atom stereocenters. The first kappa shape index (κ1) is 14.4. The average Bonchev–Trinajstić information content (AvgIpc) is 2.79. The first-order valence-electron chi connectivity index (χ1n) is 6.82. The average molecular weight is 276 g/mol. The van der Waals surface area contributed by atoms with E-state index in [-0.39, 0.29) is 11.9 Å². The third kappa shape index (κ3) is 2.92. The SMILES string of the molecule is Cc1ccccc1CNC(=O)N1CCC(C)C1C(=O)O. The summed E-state index contributed by atoms with van der Waals surface area (Å²) in [6.07, 6.45) is 0.731. The summed E-state index contributed by atoms with van der Waals surface area (Å²) in [5.74, 6) is -0.933. The van der Waals surface area contributed by atoms with Crippen LogP contribution in [0.25, 0.3) is 0 Å². The van der Waals surface area contributed by atoms with E-state index < -0.39 is 12.0 Å². The molecule has 1 saturated heterocycles. The largest absolute Gasteiger partial charge is 0.480 e. The minimum Gasteiger partial charge on any atom is -0.480 e. The number of likely N-dealkylation sites (tertiary alicyclic amines) is 1. The maximum absolute atomic E-state index is 12.1. The Kier molecular flexibility index (Phi) is 4.27. The van der Waals surface area contributed by atoms with Crippen molar-refractivity contribution in [2.75, 3.05) is 6.54 Å². The number of amides is 2. The van der Waals surface area contributed by atoms with Crippen LogP contribution in [0.3, 0.4) is 0 Å². The second-order valence-electron chi connectivity index (χ2n) is 5.33. The number of benzene rings is 1. The van der Waals surface area contributed by atoms with Gasteiger partial charge in [-0.1, -0.05) is 31.2 Å². The lowest BCUT2D eigenvalue weighted by atomic mass is 10.0. The third-order valence-electron chi connectivity index (χ3n) is 3.91. The Bertz CT molecular complexity index is 516. The van der Waals surface area contributed by atoms with Crippen molar-refractivity contribution in [1.82, 2.24) is 10.2 Å². The number of carboxylic acids is 1. The summed E-state index contributed by atoms with van der Waals surface area (Å²) in [6.45, 7) is 4.77. The number of nitrogens with one attached hydrogen (secondary N) is 1. The molecule has 1 heterocycles. The number of urea groups is 1. The molecule has 1 aliphatic rings. The predicted molar refractivity (Wildman–Crippen MR) is 75.3 cm³/mol. The summed E-state index contributed by atoms with van der Waals surface area (Å²) in [6, 6.07) is 6.79. The molecular weight excluding hydrogens is 256 g/mol. The maximum atomic E-state index is 12.1. The minimum atomic E-state index is -0.930. The van der Waals surface area contributed by atoms with Gasteiger partial charge in [0.25, 0.3) is 0 Å². The summed E-state index contributed by atoms with van der Waals surface area (Å²) >= 11 is 0. The van der Waals surface area contributed by atoms with Crippen LogP contribution in [-0.2, 0) is 11.3 Å². The van der Waals surface area contributed by atoms with Crippen LogP contribution in [0.15, 0.2) is 24.3 Å². The van der Waals surface area contributed by atoms with Gasteiger partial charge in [-0.15, -0.1) is 0 Å². The van der Waals surface area contributed by atoms with Crippen molar-refractivity contribution in [1.29, 1.82) is 0 Å². The topological polar surface area (TPSA) is 69.6 Å². The molecule has 0 spiro atoms. The van der Waals surface area contributed by atoms with Crippen LogP contribution in [0.4, 0.5) is 4.79 Å². The molecule has 0 aromatic heterocycles. The van der Waals surface area contributed by atoms with Gasteiger partial charge in [-0.05, 0) is 30.4 Å². The fraction of sp³-hybridized carbons (Fsp3) is 0.467. The molecule has 2 rings (SSSR count). The van der Waals surface area contributed by atoms with Gasteiger partial charge < -0.3 is 15.3 Å². The molecule has 2 amide bonds. The van der Waals surface area contributed by atoms with Crippen molar-refractivity contribution >= 4 is 12.0 Å². The lowest BCUT2D eigenvalue weighted by molar-refractivity contribution is -0.142. The van der Waals surface area contributed by atoms with Gasteiger partial charge in [0.2, 0.25) is 0 Å². The van der Waals surface area contributed by atoms with Gasteiger partial charge in [0.05, 0.1) is 0 Å². The van der Waals surface area contributed by atoms with E-state index in [9.17, 15) is 14.7 Å². The van der Waals surface area contributed by atoms with E-state index in [1.807, 2.05) is 38.1 Å². The lowest BCUT2D eigenvalue weighted by Crippen LogP contribution is -2.47. The van der Waals surface area contributed by atoms with Crippen LogP contribution in [0.1, 0.15) is 24.5 Å². The number of nitrogens with zero attached hydrogens (tertiary/aromatic N) is 1. The number of hydrogen-bond acceptors (Lipinski definition) is 2. The standard InChI is InChI=1S/C15H20N2O3/c1-10-5-3-4-6-12(10)9-16-15(20)17-8-7-11(2)13(17)14(18)19/h3-6,11,13H,7-9H2,1-2H3,(H,16,20)(H,18,19). The second kappa shape index (κ2) is 5.94. The van der Waals surface area contributed by atoms with Crippen LogP contribution in [-0.4, -0.2) is 34.6 Å². The second-order valence-corrected chi connectivity index (χ2v) is 5.33. The normalized spacial score (nSPS) is 21.8. The van der Waals surface area contributed by atoms with Crippen molar-refractivity contribution in [3.8, 4) is 0 Å². The highest BCUT2D eigenvalue weighted by atomic mass is 16.4. The number of carboxylic acid groups (broad SMARTS) is 1. The van der Waals surface area contributed by atoms with Crippen LogP contribution in [0.5, 0.6) is 0 Å². The maximum Gasteiger partial charge on any atom is 0.326 e. The number of carbonyl (C=O) groups excluding carboxylic acids is 1. The molecule has 0 radical (unpaired) electrons. The fourth-order valence-corrected chi connectivity index (χ4v) is 2.63. The molecule has 2 atom stereocenters. The van der Waals surface area contributed by atoms with Gasteiger partial charge >= 0.3 is 12.0 Å². The number of hydrogen-bond donors (Lipinski definition) is 2. The Labute approximate surface area is 118 Å². The predicted octanol–water partition coefficient (Wildman–Crippen LogP) is 2.00. The summed E-state index contributed by atoms with van der Waals surface area (Å²) in [5.41, 5.74) is 2.15. The Morgan fingerprint density at radius 1 is 1.40 bits per heavy atom. The molecule has 0 saturated carbocycles. The van der Waals surface area contributed by atoms with Gasteiger partial charge in [-0.2, -0.15) is 0 Å². The van der Waals surface area contributed by atoms with E-state index in [1.54, 1.807) is 0 Å². The summed E-state index contributed by atoms with van der Waals surface area (Å²) < 4.78 is 0. The van der Waals surface area contributed by atoms with Gasteiger partial charge in [-0.25, -0.2) is 9.59 Å². The Morgan fingerprint density at radius 3 is 2.75 bits per heavy atom. The number of carbonyl (C=O) groups is 2. The zero-order valence-corrected chi connectivity index (χ0v) is 11.8. The molecule has 1 aromatic rings. The van der Waals surface area contributed by atoms with Gasteiger partial charge in [0.15, 0.2) is 0 Å². The Balaban J connectivity index is 1.99. The highest BCUT2D eigenvalue weighted by molar-refractivity contribution is 5.83. The van der Waals surface area contributed by atoms with Gasteiger partial charge in [0.1, 0.15) is 6.04 Å². The van der Waals surface area contributed by atoms with Crippen molar-refractivity contribution < 1.29 is 14.7 Å². The van der Waals surface area contributed by atoms with Crippen LogP contribution >= 0.6 is 0 Å². The first-order valence-corrected chi connectivity index (χ1v) is 6.82. The molecule has 0 bridgehead atoms. The van der Waals surface area contributed by atoms with E-state index in [4.69, 9.17) is 0 Å². The highest BCUT2D eigenvalue weighted by Gasteiger charge is 2.39. The van der Waals surface area contributed by atoms with Gasteiger partial charge in [-0.3, -0.25) is 0 Å². The van der Waals surface area contributed by atoms with Crippen molar-refractivity contribution in [2.24, 2.45) is 5.92 Å². The molecule has 1 fully saturated rings. The van der Waals surface area contributed by atoms with Crippen LogP contribution in [0, 0.1) is 12.8 Å². The quantitative estimate of drug-likeness (QED) is 0.887. The molecule has 2 N–H and O–H groups in total. The van der Waals surface area contributed by atoms with E-state index in [0.717, 1.165) is 17.5 Å². The molecule has 5 nitrogen and oxygen atoms in total. The molecule has 1 aromatic carbocycles. The fourth-order valence-electron chi connectivity index (χ4n) is 2.63. The zero-order valence-electron chi connectivity index (χ0n) is 11.8. The van der Waals surface area contributed by atoms with E-state index >= 15 is 0 Å². The van der Waals surface area contributed by atoms with Gasteiger partial charge in [0, 0.05) is 13.1 Å². The summed E-state index contributed by atoms with van der Waals surface area (Å²) in [5, 5.41) is 12.0. The number of aryl methyl sites for hydroxylation is 1.